The fraction of sp³-hybridized carbons (Fsp3) is 0.649. The van der Waals surface area contributed by atoms with Gasteiger partial charge in [0.25, 0.3) is 0 Å². The van der Waals surface area contributed by atoms with Gasteiger partial charge in [-0.3, -0.25) is 24.2 Å². The maximum atomic E-state index is 13.3. The molecule has 9 N–H and O–H groups in total. The number of benzene rings is 1. The zero-order valence-corrected chi connectivity index (χ0v) is 32.4. The maximum absolute atomic E-state index is 13.3. The Morgan fingerprint density at radius 3 is 2.07 bits per heavy atom. The van der Waals surface area contributed by atoms with Crippen LogP contribution in [-0.4, -0.2) is 145 Å². The lowest BCUT2D eigenvalue weighted by molar-refractivity contribution is -0.142. The van der Waals surface area contributed by atoms with Crippen molar-refractivity contribution >= 4 is 47.6 Å². The smallest absolute Gasteiger partial charge is 0.410 e. The third-order valence-corrected chi connectivity index (χ3v) is 10.1. The second kappa shape index (κ2) is 22.4. The minimum Gasteiger partial charge on any atom is -0.446 e. The molecule has 19 heteroatoms. The van der Waals surface area contributed by atoms with Crippen LogP contribution in [0.25, 0.3) is 0 Å². The molecule has 0 bridgehead atoms. The zero-order valence-electron chi connectivity index (χ0n) is 32.4. The van der Waals surface area contributed by atoms with Crippen molar-refractivity contribution in [3.8, 4) is 0 Å². The quantitative estimate of drug-likeness (QED) is 0.0917. The Bertz CT molecular complexity index is 1510. The molecular weight excluding hydrogens is 726 g/mol. The Morgan fingerprint density at radius 1 is 0.839 bits per heavy atom. The van der Waals surface area contributed by atoms with E-state index in [4.69, 9.17) is 26.7 Å². The van der Waals surface area contributed by atoms with Gasteiger partial charge in [0, 0.05) is 72.4 Å². The molecular formula is C37H59N11O8. The number of urea groups is 1. The Labute approximate surface area is 328 Å². The normalized spacial score (nSPS) is 20.1. The number of aliphatic imine (C=N–C) groups is 1. The summed E-state index contributed by atoms with van der Waals surface area (Å²) in [6, 6.07) is 6.22. The fourth-order valence-corrected chi connectivity index (χ4v) is 6.94. The Balaban J connectivity index is 1.11. The molecule has 0 spiro atoms. The van der Waals surface area contributed by atoms with E-state index in [1.165, 1.54) is 11.8 Å². The summed E-state index contributed by atoms with van der Waals surface area (Å²) in [6.07, 6.45) is 4.54. The Hall–Kier alpha value is -5.17. The summed E-state index contributed by atoms with van der Waals surface area (Å²) in [5, 5.41) is 9.00. The number of carbonyl (C=O) groups excluding carboxylic acids is 6. The number of carbonyl (C=O) groups is 6. The number of guanidine groups is 1. The van der Waals surface area contributed by atoms with Gasteiger partial charge in [0.15, 0.2) is 5.96 Å². The number of piperazine rings is 2. The summed E-state index contributed by atoms with van der Waals surface area (Å²) >= 11 is 0. The van der Waals surface area contributed by atoms with Gasteiger partial charge in [0.1, 0.15) is 18.2 Å². The third-order valence-electron chi connectivity index (χ3n) is 10.1. The van der Waals surface area contributed by atoms with Crippen LogP contribution in [0.1, 0.15) is 70.3 Å². The van der Waals surface area contributed by atoms with Gasteiger partial charge in [-0.05, 0) is 75.5 Å². The number of amides is 7. The van der Waals surface area contributed by atoms with Gasteiger partial charge in [-0.15, -0.1) is 0 Å². The van der Waals surface area contributed by atoms with Crippen LogP contribution in [0, 0.1) is 0 Å². The SMILES string of the molecule is CC(=O)N(CCCCCNC(=O)N1CCN(C(=O)OC2CCCC(OC(=O)N3CCNCC3C(=O)NCc3ccc(N=C(N)N)cc3)CCC2)CC1)C(=O)CN. The number of unbranched alkanes of at least 4 members (excludes halogenated alkanes) is 2. The molecule has 1 aromatic rings. The first-order chi connectivity index (χ1) is 26.9. The summed E-state index contributed by atoms with van der Waals surface area (Å²) in [7, 11) is 0. The Kier molecular flexibility index (Phi) is 17.4. The summed E-state index contributed by atoms with van der Waals surface area (Å²) in [4.78, 5) is 85.4. The molecule has 7 amide bonds. The first-order valence-corrected chi connectivity index (χ1v) is 19.6. The predicted molar refractivity (Wildman–Crippen MR) is 207 cm³/mol. The van der Waals surface area contributed by atoms with Gasteiger partial charge in [-0.1, -0.05) is 12.1 Å². The minimum atomic E-state index is -0.713. The molecule has 1 unspecified atom stereocenters. The van der Waals surface area contributed by atoms with Gasteiger partial charge in [-0.25, -0.2) is 19.4 Å². The molecule has 2 saturated heterocycles. The van der Waals surface area contributed by atoms with E-state index < -0.39 is 24.1 Å². The highest BCUT2D eigenvalue weighted by Crippen LogP contribution is 2.24. The zero-order chi connectivity index (χ0) is 40.5. The molecule has 3 fully saturated rings. The number of nitrogens with zero attached hydrogens (tertiary/aromatic N) is 5. The highest BCUT2D eigenvalue weighted by molar-refractivity contribution is 5.95. The Morgan fingerprint density at radius 2 is 1.46 bits per heavy atom. The first kappa shape index (κ1) is 43.6. The van der Waals surface area contributed by atoms with Crippen LogP contribution in [-0.2, 0) is 30.4 Å². The van der Waals surface area contributed by atoms with Gasteiger partial charge in [0.2, 0.25) is 17.7 Å². The molecule has 0 aromatic heterocycles. The van der Waals surface area contributed by atoms with E-state index in [1.807, 2.05) is 12.1 Å². The highest BCUT2D eigenvalue weighted by atomic mass is 16.6. The van der Waals surface area contributed by atoms with Crippen molar-refractivity contribution in [2.75, 3.05) is 65.4 Å². The van der Waals surface area contributed by atoms with Crippen LogP contribution >= 0.6 is 0 Å². The van der Waals surface area contributed by atoms with Crippen LogP contribution < -0.4 is 33.2 Å². The molecule has 2 heterocycles. The van der Waals surface area contributed by atoms with Gasteiger partial charge < -0.3 is 52.4 Å². The van der Waals surface area contributed by atoms with E-state index in [-0.39, 0.29) is 49.1 Å². The predicted octanol–water partition coefficient (Wildman–Crippen LogP) is 0.677. The fourth-order valence-electron chi connectivity index (χ4n) is 6.94. The lowest BCUT2D eigenvalue weighted by Crippen LogP contribution is -2.59. The lowest BCUT2D eigenvalue weighted by atomic mass is 9.96. The average Bonchev–Trinajstić information content (AvgIpc) is 3.18. The van der Waals surface area contributed by atoms with E-state index in [0.29, 0.717) is 116 Å². The van der Waals surface area contributed by atoms with Crippen LogP contribution in [0.15, 0.2) is 29.3 Å². The average molecular weight is 786 g/mol. The largest absolute Gasteiger partial charge is 0.446 e. The molecule has 56 heavy (non-hydrogen) atoms. The molecule has 1 aliphatic carbocycles. The standard InChI is InChI=1S/C37H59N11O8/c1-26(49)47(32(50)23-38)17-4-2-3-15-42-35(52)45-19-21-46(22-20-45)36(53)55-29-7-5-9-30(10-6-8-29)56-37(54)48-18-16-41-25-31(48)33(51)43-24-27-11-13-28(14-12-27)44-34(39)40/h11-14,29-31,41H,2-10,15-25,38H2,1H3,(H,42,52)(H,43,51)(H4,39,40,44). The number of rotatable bonds is 13. The van der Waals surface area contributed by atoms with Crippen LogP contribution in [0.2, 0.25) is 0 Å². The molecule has 4 rings (SSSR count). The summed E-state index contributed by atoms with van der Waals surface area (Å²) in [5.74, 6) is -1.05. The monoisotopic (exact) mass is 785 g/mol. The van der Waals surface area contributed by atoms with Crippen LogP contribution in [0.3, 0.4) is 0 Å². The van der Waals surface area contributed by atoms with Gasteiger partial charge >= 0.3 is 18.2 Å². The lowest BCUT2D eigenvalue weighted by Gasteiger charge is -2.36. The number of nitrogens with two attached hydrogens (primary N) is 3. The molecule has 310 valence electrons. The summed E-state index contributed by atoms with van der Waals surface area (Å²) in [6.45, 7) is 4.88. The number of hydrogen-bond donors (Lipinski definition) is 6. The molecule has 1 saturated carbocycles. The van der Waals surface area contributed by atoms with Crippen LogP contribution in [0.5, 0.6) is 0 Å². The molecule has 1 atom stereocenters. The van der Waals surface area contributed by atoms with Crippen molar-refractivity contribution in [3.05, 3.63) is 29.8 Å². The molecule has 1 aromatic carbocycles. The minimum absolute atomic E-state index is 0.0390. The number of hydrogen-bond acceptors (Lipinski definition) is 11. The molecule has 0 radical (unpaired) electrons. The van der Waals surface area contributed by atoms with Crippen molar-refractivity contribution in [1.82, 2.24) is 35.6 Å². The summed E-state index contributed by atoms with van der Waals surface area (Å²) < 4.78 is 11.8. The second-order valence-electron chi connectivity index (χ2n) is 14.2. The number of ether oxygens (including phenoxy) is 2. The van der Waals surface area contributed by atoms with E-state index >= 15 is 0 Å². The van der Waals surface area contributed by atoms with Crippen LogP contribution in [0.4, 0.5) is 20.1 Å². The third kappa shape index (κ3) is 13.8. The van der Waals surface area contributed by atoms with Gasteiger partial charge in [0.05, 0.1) is 12.2 Å². The van der Waals surface area contributed by atoms with Crippen molar-refractivity contribution in [1.29, 1.82) is 0 Å². The molecule has 3 aliphatic rings. The van der Waals surface area contributed by atoms with E-state index in [9.17, 15) is 28.8 Å². The topological polar surface area (TPSA) is 260 Å². The number of imide groups is 1. The number of nitrogens with one attached hydrogen (secondary N) is 3. The first-order valence-electron chi connectivity index (χ1n) is 19.6. The molecule has 2 aliphatic heterocycles. The second-order valence-corrected chi connectivity index (χ2v) is 14.2. The van der Waals surface area contributed by atoms with E-state index in [1.54, 1.807) is 21.9 Å². The maximum Gasteiger partial charge on any atom is 0.410 e. The summed E-state index contributed by atoms with van der Waals surface area (Å²) in [5.41, 5.74) is 17.7. The van der Waals surface area contributed by atoms with Crippen molar-refractivity contribution in [2.24, 2.45) is 22.2 Å². The van der Waals surface area contributed by atoms with E-state index in [0.717, 1.165) is 16.9 Å². The molecule has 19 nitrogen and oxygen atoms in total. The van der Waals surface area contributed by atoms with E-state index in [2.05, 4.69) is 20.9 Å². The van der Waals surface area contributed by atoms with Crippen molar-refractivity contribution < 1.29 is 38.2 Å². The van der Waals surface area contributed by atoms with Crippen molar-refractivity contribution in [2.45, 2.75) is 89.5 Å². The highest BCUT2D eigenvalue weighted by Gasteiger charge is 2.35. The van der Waals surface area contributed by atoms with Crippen molar-refractivity contribution in [3.63, 3.8) is 0 Å². The van der Waals surface area contributed by atoms with Gasteiger partial charge in [-0.2, -0.15) is 0 Å².